The second-order valence-corrected chi connectivity index (χ2v) is 4.88. The Morgan fingerprint density at radius 1 is 1.29 bits per heavy atom. The highest BCUT2D eigenvalue weighted by atomic mass is 35.5. The molecule has 0 fully saturated rings. The molecule has 2 aromatic heterocycles. The summed E-state index contributed by atoms with van der Waals surface area (Å²) in [4.78, 5) is 5.42. The molecule has 0 N–H and O–H groups in total. The molecule has 3 rings (SSSR count). The lowest BCUT2D eigenvalue weighted by Crippen LogP contribution is -1.95. The van der Waals surface area contributed by atoms with Crippen LogP contribution < -0.4 is 4.74 Å². The van der Waals surface area contributed by atoms with Gasteiger partial charge in [-0.3, -0.25) is 4.40 Å². The van der Waals surface area contributed by atoms with Gasteiger partial charge in [0.1, 0.15) is 12.4 Å². The standard InChI is InChI=1S/C12H9ClN2OS/c13-9-1-3-11(4-2-9)16-8-10-7-15-5-6-17-12(15)14-10/h1-7H,8H2. The Balaban J connectivity index is 1.71. The van der Waals surface area contributed by atoms with Crippen LogP contribution in [0.3, 0.4) is 0 Å². The number of hydrogen-bond donors (Lipinski definition) is 0. The first-order valence-corrected chi connectivity index (χ1v) is 6.36. The van der Waals surface area contributed by atoms with E-state index in [0.29, 0.717) is 11.6 Å². The molecule has 0 unspecified atom stereocenters. The van der Waals surface area contributed by atoms with Crippen molar-refractivity contribution >= 4 is 27.9 Å². The molecule has 2 heterocycles. The smallest absolute Gasteiger partial charge is 0.193 e. The van der Waals surface area contributed by atoms with E-state index in [2.05, 4.69) is 4.98 Å². The van der Waals surface area contributed by atoms with Gasteiger partial charge >= 0.3 is 0 Å². The predicted octanol–water partition coefficient (Wildman–Crippen LogP) is 3.63. The van der Waals surface area contributed by atoms with Crippen LogP contribution >= 0.6 is 22.9 Å². The number of thiazole rings is 1. The lowest BCUT2D eigenvalue weighted by Gasteiger charge is -2.03. The molecule has 0 aliphatic carbocycles. The molecule has 0 atom stereocenters. The highest BCUT2D eigenvalue weighted by Gasteiger charge is 2.03. The minimum absolute atomic E-state index is 0.468. The molecular weight excluding hydrogens is 256 g/mol. The number of halogens is 1. The Morgan fingerprint density at radius 3 is 2.88 bits per heavy atom. The number of benzene rings is 1. The molecule has 86 valence electrons. The maximum absolute atomic E-state index is 5.80. The number of rotatable bonds is 3. The van der Waals surface area contributed by atoms with Gasteiger partial charge in [0.2, 0.25) is 0 Å². The highest BCUT2D eigenvalue weighted by molar-refractivity contribution is 7.15. The maximum atomic E-state index is 5.80. The van der Waals surface area contributed by atoms with E-state index in [9.17, 15) is 0 Å². The van der Waals surface area contributed by atoms with Gasteiger partial charge in [0.05, 0.1) is 5.69 Å². The monoisotopic (exact) mass is 264 g/mol. The quantitative estimate of drug-likeness (QED) is 0.722. The highest BCUT2D eigenvalue weighted by Crippen LogP contribution is 2.17. The van der Waals surface area contributed by atoms with E-state index < -0.39 is 0 Å². The van der Waals surface area contributed by atoms with Crippen molar-refractivity contribution in [2.24, 2.45) is 0 Å². The van der Waals surface area contributed by atoms with Crippen molar-refractivity contribution in [3.63, 3.8) is 0 Å². The van der Waals surface area contributed by atoms with E-state index in [-0.39, 0.29) is 0 Å². The third-order valence-electron chi connectivity index (χ3n) is 2.34. The molecule has 0 aliphatic rings. The molecule has 0 radical (unpaired) electrons. The van der Waals surface area contributed by atoms with E-state index >= 15 is 0 Å². The summed E-state index contributed by atoms with van der Waals surface area (Å²) in [5.41, 5.74) is 0.923. The van der Waals surface area contributed by atoms with Crippen molar-refractivity contribution < 1.29 is 4.74 Å². The van der Waals surface area contributed by atoms with Crippen molar-refractivity contribution in [1.29, 1.82) is 0 Å². The van der Waals surface area contributed by atoms with Crippen molar-refractivity contribution in [2.45, 2.75) is 6.61 Å². The Kier molecular flexibility index (Phi) is 2.74. The second-order valence-electron chi connectivity index (χ2n) is 3.57. The Labute approximate surface area is 107 Å². The van der Waals surface area contributed by atoms with E-state index in [4.69, 9.17) is 16.3 Å². The van der Waals surface area contributed by atoms with Crippen LogP contribution in [0, 0.1) is 0 Å². The fourth-order valence-corrected chi connectivity index (χ4v) is 2.38. The van der Waals surface area contributed by atoms with Crippen molar-refractivity contribution in [3.8, 4) is 5.75 Å². The van der Waals surface area contributed by atoms with E-state index in [1.807, 2.05) is 46.4 Å². The van der Waals surface area contributed by atoms with Gasteiger partial charge in [-0.15, -0.1) is 11.3 Å². The van der Waals surface area contributed by atoms with Crippen LogP contribution in [0.5, 0.6) is 5.75 Å². The van der Waals surface area contributed by atoms with Gasteiger partial charge < -0.3 is 4.74 Å². The van der Waals surface area contributed by atoms with Crippen LogP contribution in [-0.4, -0.2) is 9.38 Å². The average molecular weight is 265 g/mol. The molecule has 3 aromatic rings. The summed E-state index contributed by atoms with van der Waals surface area (Å²) in [5, 5.41) is 2.71. The summed E-state index contributed by atoms with van der Waals surface area (Å²) in [5.74, 6) is 0.797. The summed E-state index contributed by atoms with van der Waals surface area (Å²) in [6.07, 6.45) is 3.96. The van der Waals surface area contributed by atoms with Crippen LogP contribution in [-0.2, 0) is 6.61 Å². The molecule has 3 nitrogen and oxygen atoms in total. The van der Waals surface area contributed by atoms with Crippen LogP contribution in [0.1, 0.15) is 5.69 Å². The second kappa shape index (κ2) is 4.39. The first kappa shape index (κ1) is 10.6. The number of nitrogens with zero attached hydrogens (tertiary/aromatic N) is 2. The first-order chi connectivity index (χ1) is 8.31. The molecule has 5 heteroatoms. The predicted molar refractivity (Wildman–Crippen MR) is 68.9 cm³/mol. The van der Waals surface area contributed by atoms with E-state index in [1.54, 1.807) is 11.3 Å². The zero-order chi connectivity index (χ0) is 11.7. The third-order valence-corrected chi connectivity index (χ3v) is 3.37. The SMILES string of the molecule is Clc1ccc(OCc2cn3ccsc3n2)cc1. The number of hydrogen-bond acceptors (Lipinski definition) is 3. The van der Waals surface area contributed by atoms with Crippen LogP contribution in [0.15, 0.2) is 42.0 Å². The molecular formula is C12H9ClN2OS. The normalized spacial score (nSPS) is 10.9. The zero-order valence-electron chi connectivity index (χ0n) is 8.84. The Hall–Kier alpha value is -1.52. The lowest BCUT2D eigenvalue weighted by atomic mass is 10.3. The lowest BCUT2D eigenvalue weighted by molar-refractivity contribution is 0.302. The van der Waals surface area contributed by atoms with Gasteiger partial charge in [0.25, 0.3) is 0 Å². The summed E-state index contributed by atoms with van der Waals surface area (Å²) >= 11 is 7.41. The minimum Gasteiger partial charge on any atom is -0.487 e. The molecule has 1 aromatic carbocycles. The molecule has 0 saturated carbocycles. The van der Waals surface area contributed by atoms with Crippen LogP contribution in [0.25, 0.3) is 4.96 Å². The van der Waals surface area contributed by atoms with Crippen molar-refractivity contribution in [2.75, 3.05) is 0 Å². The van der Waals surface area contributed by atoms with E-state index in [0.717, 1.165) is 16.4 Å². The minimum atomic E-state index is 0.468. The maximum Gasteiger partial charge on any atom is 0.193 e. The van der Waals surface area contributed by atoms with Gasteiger partial charge in [-0.2, -0.15) is 0 Å². The zero-order valence-corrected chi connectivity index (χ0v) is 10.4. The van der Waals surface area contributed by atoms with Crippen molar-refractivity contribution in [3.05, 3.63) is 52.8 Å². The van der Waals surface area contributed by atoms with Gasteiger partial charge in [-0.1, -0.05) is 11.6 Å². The number of ether oxygens (including phenoxy) is 1. The average Bonchev–Trinajstić information content (AvgIpc) is 2.88. The fraction of sp³-hybridized carbons (Fsp3) is 0.0833. The summed E-state index contributed by atoms with van der Waals surface area (Å²) in [7, 11) is 0. The first-order valence-electron chi connectivity index (χ1n) is 5.11. The summed E-state index contributed by atoms with van der Waals surface area (Å²) < 4.78 is 7.61. The Bertz CT molecular complexity index is 601. The number of aromatic nitrogens is 2. The Morgan fingerprint density at radius 2 is 2.12 bits per heavy atom. The summed E-state index contributed by atoms with van der Waals surface area (Å²) in [6, 6.07) is 7.31. The van der Waals surface area contributed by atoms with E-state index in [1.165, 1.54) is 0 Å². The van der Waals surface area contributed by atoms with Gasteiger partial charge in [0, 0.05) is 22.8 Å². The van der Waals surface area contributed by atoms with Gasteiger partial charge in [-0.25, -0.2) is 4.98 Å². The molecule has 0 spiro atoms. The third kappa shape index (κ3) is 2.28. The van der Waals surface area contributed by atoms with Gasteiger partial charge in [-0.05, 0) is 24.3 Å². The summed E-state index contributed by atoms with van der Waals surface area (Å²) in [6.45, 7) is 0.468. The molecule has 0 amide bonds. The molecule has 0 saturated heterocycles. The molecule has 0 aliphatic heterocycles. The molecule has 0 bridgehead atoms. The fourth-order valence-electron chi connectivity index (χ4n) is 1.53. The molecule has 17 heavy (non-hydrogen) atoms. The number of imidazole rings is 1. The largest absolute Gasteiger partial charge is 0.487 e. The van der Waals surface area contributed by atoms with Crippen LogP contribution in [0.4, 0.5) is 0 Å². The number of fused-ring (bicyclic) bond motifs is 1. The van der Waals surface area contributed by atoms with Gasteiger partial charge in [0.15, 0.2) is 4.96 Å². The topological polar surface area (TPSA) is 26.5 Å². The van der Waals surface area contributed by atoms with Crippen LogP contribution in [0.2, 0.25) is 5.02 Å². The van der Waals surface area contributed by atoms with Crippen molar-refractivity contribution in [1.82, 2.24) is 9.38 Å².